The van der Waals surface area contributed by atoms with Crippen LogP contribution in [0.25, 0.3) is 0 Å². The van der Waals surface area contributed by atoms with Gasteiger partial charge in [-0.25, -0.2) is 8.78 Å². The number of benzene rings is 2. The second-order valence-corrected chi connectivity index (χ2v) is 5.60. The average Bonchev–Trinajstić information content (AvgIpc) is 2.56. The summed E-state index contributed by atoms with van der Waals surface area (Å²) < 4.78 is 26.5. The van der Waals surface area contributed by atoms with Crippen molar-refractivity contribution in [1.29, 1.82) is 0 Å². The predicted molar refractivity (Wildman–Crippen MR) is 86.8 cm³/mol. The lowest BCUT2D eigenvalue weighted by Crippen LogP contribution is -2.38. The highest BCUT2D eigenvalue weighted by Gasteiger charge is 2.33. The van der Waals surface area contributed by atoms with Crippen molar-refractivity contribution in [2.75, 3.05) is 16.8 Å². The smallest absolute Gasteiger partial charge is 0.235 e. The average molecular weight is 330 g/mol. The number of hydrogen-bond donors (Lipinski definition) is 1. The normalized spacial score (nSPS) is 16.3. The molecule has 2 aromatic carbocycles. The lowest BCUT2D eigenvalue weighted by molar-refractivity contribution is -0.124. The first-order chi connectivity index (χ1) is 11.5. The lowest BCUT2D eigenvalue weighted by atomic mass is 9.89. The Morgan fingerprint density at radius 2 is 1.83 bits per heavy atom. The Labute approximate surface area is 138 Å². The molecule has 4 nitrogen and oxygen atoms in total. The van der Waals surface area contributed by atoms with Crippen LogP contribution < -0.4 is 10.2 Å². The van der Waals surface area contributed by atoms with E-state index in [1.807, 2.05) is 0 Å². The van der Waals surface area contributed by atoms with E-state index in [2.05, 4.69) is 5.32 Å². The molecular weight excluding hydrogens is 314 g/mol. The first-order valence-corrected chi connectivity index (χ1v) is 7.66. The minimum Gasteiger partial charge on any atom is -0.326 e. The number of amides is 2. The second kappa shape index (κ2) is 6.39. The Kier molecular flexibility index (Phi) is 4.29. The van der Waals surface area contributed by atoms with Crippen LogP contribution >= 0.6 is 0 Å². The number of nitrogens with one attached hydrogen (secondary N) is 1. The molecule has 0 spiro atoms. The third kappa shape index (κ3) is 2.99. The van der Waals surface area contributed by atoms with Crippen molar-refractivity contribution in [3.05, 3.63) is 59.7 Å². The zero-order valence-corrected chi connectivity index (χ0v) is 13.1. The molecule has 124 valence electrons. The highest BCUT2D eigenvalue weighted by molar-refractivity contribution is 6.06. The lowest BCUT2D eigenvalue weighted by Gasteiger charge is -2.30. The van der Waals surface area contributed by atoms with E-state index in [-0.39, 0.29) is 24.1 Å². The molecule has 0 saturated carbocycles. The summed E-state index contributed by atoms with van der Waals surface area (Å²) in [6.07, 6.45) is -0.00480. The summed E-state index contributed by atoms with van der Waals surface area (Å²) in [5, 5.41) is 2.59. The summed E-state index contributed by atoms with van der Waals surface area (Å²) >= 11 is 0. The Bertz CT molecular complexity index is 790. The van der Waals surface area contributed by atoms with E-state index in [1.165, 1.54) is 47.4 Å². The van der Waals surface area contributed by atoms with Gasteiger partial charge >= 0.3 is 0 Å². The fourth-order valence-electron chi connectivity index (χ4n) is 2.93. The fraction of sp³-hybridized carbons (Fsp3) is 0.222. The van der Waals surface area contributed by atoms with E-state index in [1.54, 1.807) is 6.92 Å². The van der Waals surface area contributed by atoms with Gasteiger partial charge in [-0.2, -0.15) is 0 Å². The minimum atomic E-state index is -0.695. The van der Waals surface area contributed by atoms with Crippen LogP contribution in [0.5, 0.6) is 0 Å². The van der Waals surface area contributed by atoms with Crippen LogP contribution in [-0.4, -0.2) is 18.4 Å². The summed E-state index contributed by atoms with van der Waals surface area (Å²) in [7, 11) is 0. The molecule has 0 aliphatic carbocycles. The molecule has 1 aliphatic heterocycles. The van der Waals surface area contributed by atoms with Crippen molar-refractivity contribution in [1.82, 2.24) is 0 Å². The van der Waals surface area contributed by atoms with E-state index in [9.17, 15) is 18.4 Å². The predicted octanol–water partition coefficient (Wildman–Crippen LogP) is 3.44. The van der Waals surface area contributed by atoms with Gasteiger partial charge in [-0.1, -0.05) is 6.07 Å². The number of halogens is 2. The van der Waals surface area contributed by atoms with Gasteiger partial charge in [-0.15, -0.1) is 0 Å². The molecule has 2 amide bonds. The maximum Gasteiger partial charge on any atom is 0.235 e. The Balaban J connectivity index is 1.96. The van der Waals surface area contributed by atoms with Gasteiger partial charge in [-0.05, 0) is 48.9 Å². The SMILES string of the molecule is CCN(C(=O)[C@@H]1CC(=O)Nc2cc(F)ccc21)c1ccc(F)cc1. The molecule has 1 atom stereocenters. The molecule has 0 aromatic heterocycles. The molecule has 1 aliphatic rings. The molecule has 1 N–H and O–H groups in total. The van der Waals surface area contributed by atoms with Gasteiger partial charge in [0.2, 0.25) is 11.8 Å². The molecule has 0 bridgehead atoms. The van der Waals surface area contributed by atoms with Gasteiger partial charge in [-0.3, -0.25) is 9.59 Å². The number of carbonyl (C=O) groups excluding carboxylic acids is 2. The van der Waals surface area contributed by atoms with Gasteiger partial charge in [0.05, 0.1) is 5.92 Å². The zero-order valence-electron chi connectivity index (χ0n) is 13.1. The largest absolute Gasteiger partial charge is 0.326 e. The molecule has 0 fully saturated rings. The van der Waals surface area contributed by atoms with Crippen LogP contribution in [0.2, 0.25) is 0 Å². The molecule has 3 rings (SSSR count). The summed E-state index contributed by atoms with van der Waals surface area (Å²) in [5.41, 5.74) is 1.46. The van der Waals surface area contributed by atoms with E-state index < -0.39 is 11.7 Å². The molecule has 2 aromatic rings. The first-order valence-electron chi connectivity index (χ1n) is 7.66. The van der Waals surface area contributed by atoms with Crippen molar-refractivity contribution in [2.45, 2.75) is 19.3 Å². The molecule has 1 heterocycles. The van der Waals surface area contributed by atoms with Crippen LogP contribution in [0.3, 0.4) is 0 Å². The Hall–Kier alpha value is -2.76. The van der Waals surface area contributed by atoms with Gasteiger partial charge in [0.25, 0.3) is 0 Å². The standard InChI is InChI=1S/C18H16F2N2O2/c1-2-22(13-6-3-11(19)4-7-13)18(24)15-10-17(23)21-16-9-12(20)5-8-14(15)16/h3-9,15H,2,10H2,1H3,(H,21,23)/t15-/m1/s1. The van der Waals surface area contributed by atoms with Gasteiger partial charge in [0.15, 0.2) is 0 Å². The van der Waals surface area contributed by atoms with Gasteiger partial charge in [0, 0.05) is 24.3 Å². The summed E-state index contributed by atoms with van der Waals surface area (Å²) in [6.45, 7) is 2.18. The molecule has 6 heteroatoms. The number of hydrogen-bond acceptors (Lipinski definition) is 2. The quantitative estimate of drug-likeness (QED) is 0.937. The monoisotopic (exact) mass is 330 g/mol. The number of anilines is 2. The summed E-state index contributed by atoms with van der Waals surface area (Å²) in [4.78, 5) is 26.4. The minimum absolute atomic E-state index is 0.00480. The van der Waals surface area contributed by atoms with Crippen molar-refractivity contribution >= 4 is 23.2 Å². The highest BCUT2D eigenvalue weighted by Crippen LogP contribution is 2.35. The number of rotatable bonds is 3. The van der Waals surface area contributed by atoms with Crippen molar-refractivity contribution in [3.63, 3.8) is 0 Å². The molecule has 0 unspecified atom stereocenters. The first kappa shape index (κ1) is 16.1. The van der Waals surface area contributed by atoms with E-state index in [4.69, 9.17) is 0 Å². The number of nitrogens with zero attached hydrogens (tertiary/aromatic N) is 1. The topological polar surface area (TPSA) is 49.4 Å². The summed E-state index contributed by atoms with van der Waals surface area (Å²) in [6, 6.07) is 9.59. The van der Waals surface area contributed by atoms with Gasteiger partial charge in [0.1, 0.15) is 11.6 Å². The van der Waals surface area contributed by atoms with E-state index in [0.717, 1.165) is 0 Å². The van der Waals surface area contributed by atoms with Crippen LogP contribution in [0, 0.1) is 11.6 Å². The van der Waals surface area contributed by atoms with Crippen molar-refractivity contribution in [2.24, 2.45) is 0 Å². The maximum absolute atomic E-state index is 13.4. The van der Waals surface area contributed by atoms with Crippen LogP contribution in [0.4, 0.5) is 20.2 Å². The molecular formula is C18H16F2N2O2. The fourth-order valence-corrected chi connectivity index (χ4v) is 2.93. The zero-order chi connectivity index (χ0) is 17.3. The van der Waals surface area contributed by atoms with Crippen LogP contribution in [-0.2, 0) is 9.59 Å². The second-order valence-electron chi connectivity index (χ2n) is 5.60. The molecule has 0 saturated heterocycles. The Morgan fingerprint density at radius 3 is 2.50 bits per heavy atom. The Morgan fingerprint density at radius 1 is 1.17 bits per heavy atom. The number of likely N-dealkylation sites (N-methyl/N-ethyl adjacent to an activating group) is 1. The number of fused-ring (bicyclic) bond motifs is 1. The number of carbonyl (C=O) groups is 2. The van der Waals surface area contributed by atoms with Crippen LogP contribution in [0.15, 0.2) is 42.5 Å². The molecule has 0 radical (unpaired) electrons. The highest BCUT2D eigenvalue weighted by atomic mass is 19.1. The third-order valence-corrected chi connectivity index (χ3v) is 4.07. The maximum atomic E-state index is 13.4. The molecule has 24 heavy (non-hydrogen) atoms. The van der Waals surface area contributed by atoms with Gasteiger partial charge < -0.3 is 10.2 Å². The van der Waals surface area contributed by atoms with Crippen molar-refractivity contribution < 1.29 is 18.4 Å². The third-order valence-electron chi connectivity index (χ3n) is 4.07. The van der Waals surface area contributed by atoms with E-state index in [0.29, 0.717) is 23.5 Å². The van der Waals surface area contributed by atoms with Crippen LogP contribution in [0.1, 0.15) is 24.8 Å². The van der Waals surface area contributed by atoms with E-state index >= 15 is 0 Å². The van der Waals surface area contributed by atoms with Crippen molar-refractivity contribution in [3.8, 4) is 0 Å². The summed E-state index contributed by atoms with van der Waals surface area (Å²) in [5.74, 6) is -2.17.